The van der Waals surface area contributed by atoms with Gasteiger partial charge in [-0.3, -0.25) is 0 Å². The van der Waals surface area contributed by atoms with Crippen LogP contribution < -0.4 is 4.74 Å². The average Bonchev–Trinajstić information content (AvgIpc) is 2.41. The van der Waals surface area contributed by atoms with Gasteiger partial charge >= 0.3 is 0 Å². The number of nitrogens with zero attached hydrogens (tertiary/aromatic N) is 1. The lowest BCUT2D eigenvalue weighted by molar-refractivity contribution is 0.474. The molecule has 2 aromatic carbocycles. The molecular weight excluding hydrogens is 326 g/mol. The van der Waals surface area contributed by atoms with Gasteiger partial charge in [0, 0.05) is 0 Å². The van der Waals surface area contributed by atoms with Gasteiger partial charge in [0.2, 0.25) is 0 Å². The van der Waals surface area contributed by atoms with Crippen LogP contribution in [0.4, 0.5) is 0 Å². The molecule has 0 fully saturated rings. The van der Waals surface area contributed by atoms with Gasteiger partial charge in [-0.2, -0.15) is 5.26 Å². The van der Waals surface area contributed by atoms with Crippen LogP contribution in [0.2, 0.25) is 0 Å². The molecule has 0 saturated carbocycles. The third-order valence-electron chi connectivity index (χ3n) is 3.32. The SMILES string of the molecule is Cc1cc(C(C)(C)C)ccc1Oc1ccc(C#N)cc1Br. The fraction of sp³-hybridized carbons (Fsp3) is 0.278. The Labute approximate surface area is 134 Å². The normalized spacial score (nSPS) is 11.0. The Balaban J connectivity index is 2.31. The molecule has 21 heavy (non-hydrogen) atoms. The van der Waals surface area contributed by atoms with Crippen molar-refractivity contribution in [2.75, 3.05) is 0 Å². The van der Waals surface area contributed by atoms with E-state index < -0.39 is 0 Å². The van der Waals surface area contributed by atoms with Crippen molar-refractivity contribution in [1.29, 1.82) is 5.26 Å². The molecule has 3 heteroatoms. The minimum absolute atomic E-state index is 0.123. The zero-order valence-corrected chi connectivity index (χ0v) is 14.3. The van der Waals surface area contributed by atoms with Gasteiger partial charge in [0.05, 0.1) is 16.1 Å². The minimum Gasteiger partial charge on any atom is -0.456 e. The number of hydrogen-bond donors (Lipinski definition) is 0. The van der Waals surface area contributed by atoms with Crippen molar-refractivity contribution < 1.29 is 4.74 Å². The predicted molar refractivity (Wildman–Crippen MR) is 88.8 cm³/mol. The number of rotatable bonds is 2. The zero-order chi connectivity index (χ0) is 15.6. The average molecular weight is 344 g/mol. The van der Waals surface area contributed by atoms with E-state index in [0.29, 0.717) is 11.3 Å². The van der Waals surface area contributed by atoms with Gasteiger partial charge < -0.3 is 4.74 Å². The van der Waals surface area contributed by atoms with Gasteiger partial charge in [0.25, 0.3) is 0 Å². The molecule has 0 aromatic heterocycles. The fourth-order valence-corrected chi connectivity index (χ4v) is 2.46. The molecule has 0 aliphatic rings. The third-order valence-corrected chi connectivity index (χ3v) is 3.94. The van der Waals surface area contributed by atoms with E-state index in [1.54, 1.807) is 18.2 Å². The summed E-state index contributed by atoms with van der Waals surface area (Å²) in [5, 5.41) is 8.88. The summed E-state index contributed by atoms with van der Waals surface area (Å²) >= 11 is 3.44. The second kappa shape index (κ2) is 5.91. The van der Waals surface area contributed by atoms with E-state index in [9.17, 15) is 0 Å². The van der Waals surface area contributed by atoms with E-state index in [4.69, 9.17) is 10.00 Å². The maximum absolute atomic E-state index is 8.88. The van der Waals surface area contributed by atoms with Crippen molar-refractivity contribution in [2.45, 2.75) is 33.1 Å². The first-order valence-corrected chi connectivity index (χ1v) is 7.59. The van der Waals surface area contributed by atoms with Crippen molar-refractivity contribution in [3.8, 4) is 17.6 Å². The maximum atomic E-state index is 8.88. The predicted octanol–water partition coefficient (Wildman–Crippen LogP) is 5.72. The van der Waals surface area contributed by atoms with Crippen LogP contribution in [0, 0.1) is 18.3 Å². The first-order chi connectivity index (χ1) is 9.81. The Hall–Kier alpha value is -1.79. The monoisotopic (exact) mass is 343 g/mol. The molecule has 0 spiro atoms. The number of hydrogen-bond acceptors (Lipinski definition) is 2. The lowest BCUT2D eigenvalue weighted by Crippen LogP contribution is -2.11. The molecule has 0 heterocycles. The van der Waals surface area contributed by atoms with Crippen LogP contribution in [0.5, 0.6) is 11.5 Å². The highest BCUT2D eigenvalue weighted by Gasteiger charge is 2.15. The summed E-state index contributed by atoms with van der Waals surface area (Å²) < 4.78 is 6.73. The molecule has 0 saturated heterocycles. The third kappa shape index (κ3) is 3.65. The van der Waals surface area contributed by atoms with Gasteiger partial charge in [0.15, 0.2) is 0 Å². The highest BCUT2D eigenvalue weighted by atomic mass is 79.9. The summed E-state index contributed by atoms with van der Waals surface area (Å²) in [6.07, 6.45) is 0. The van der Waals surface area contributed by atoms with E-state index in [2.05, 4.69) is 54.9 Å². The Kier molecular flexibility index (Phi) is 4.39. The van der Waals surface area contributed by atoms with Gasteiger partial charge in [-0.05, 0) is 63.7 Å². The second-order valence-electron chi connectivity index (χ2n) is 6.09. The second-order valence-corrected chi connectivity index (χ2v) is 6.94. The van der Waals surface area contributed by atoms with Crippen LogP contribution in [0.3, 0.4) is 0 Å². The summed E-state index contributed by atoms with van der Waals surface area (Å²) in [5.74, 6) is 1.54. The van der Waals surface area contributed by atoms with Crippen molar-refractivity contribution in [1.82, 2.24) is 0 Å². The molecule has 0 radical (unpaired) electrons. The molecule has 0 amide bonds. The van der Waals surface area contributed by atoms with Crippen LogP contribution in [-0.4, -0.2) is 0 Å². The number of aryl methyl sites for hydroxylation is 1. The Morgan fingerprint density at radius 3 is 2.24 bits per heavy atom. The fourth-order valence-electron chi connectivity index (χ4n) is 2.00. The summed E-state index contributed by atoms with van der Waals surface area (Å²) in [6.45, 7) is 8.63. The molecule has 108 valence electrons. The lowest BCUT2D eigenvalue weighted by atomic mass is 9.86. The van der Waals surface area contributed by atoms with E-state index in [1.165, 1.54) is 5.56 Å². The van der Waals surface area contributed by atoms with E-state index >= 15 is 0 Å². The van der Waals surface area contributed by atoms with E-state index in [-0.39, 0.29) is 5.41 Å². The number of nitriles is 1. The maximum Gasteiger partial charge on any atom is 0.141 e. The Bertz CT molecular complexity index is 708. The van der Waals surface area contributed by atoms with Crippen LogP contribution >= 0.6 is 15.9 Å². The summed E-state index contributed by atoms with van der Waals surface area (Å²) in [5.41, 5.74) is 3.11. The minimum atomic E-state index is 0.123. The van der Waals surface area contributed by atoms with Crippen LogP contribution in [0.1, 0.15) is 37.5 Å². The molecular formula is C18H18BrNO. The first kappa shape index (κ1) is 15.6. The number of benzene rings is 2. The standard InChI is InChI=1S/C18H18BrNO/c1-12-9-14(18(2,3)4)6-8-16(12)21-17-7-5-13(11-20)10-15(17)19/h5-10H,1-4H3. The molecule has 0 aliphatic heterocycles. The highest BCUT2D eigenvalue weighted by molar-refractivity contribution is 9.10. The largest absolute Gasteiger partial charge is 0.456 e. The lowest BCUT2D eigenvalue weighted by Gasteiger charge is -2.20. The number of halogens is 1. The van der Waals surface area contributed by atoms with Gasteiger partial charge in [0.1, 0.15) is 11.5 Å². The van der Waals surface area contributed by atoms with Crippen molar-refractivity contribution >= 4 is 15.9 Å². The first-order valence-electron chi connectivity index (χ1n) is 6.80. The van der Waals surface area contributed by atoms with Gasteiger partial charge in [-0.15, -0.1) is 0 Å². The van der Waals surface area contributed by atoms with E-state index in [1.807, 2.05) is 13.0 Å². The van der Waals surface area contributed by atoms with Crippen LogP contribution in [-0.2, 0) is 5.41 Å². The Morgan fingerprint density at radius 2 is 1.71 bits per heavy atom. The Morgan fingerprint density at radius 1 is 1.05 bits per heavy atom. The van der Waals surface area contributed by atoms with Crippen LogP contribution in [0.15, 0.2) is 40.9 Å². The molecule has 0 atom stereocenters. The van der Waals surface area contributed by atoms with Crippen molar-refractivity contribution in [2.24, 2.45) is 0 Å². The highest BCUT2D eigenvalue weighted by Crippen LogP contribution is 2.34. The molecule has 0 unspecified atom stereocenters. The summed E-state index contributed by atoms with van der Waals surface area (Å²) in [6, 6.07) is 13.7. The molecule has 2 aromatic rings. The van der Waals surface area contributed by atoms with E-state index in [0.717, 1.165) is 15.8 Å². The van der Waals surface area contributed by atoms with Gasteiger partial charge in [-0.1, -0.05) is 32.9 Å². The topological polar surface area (TPSA) is 33.0 Å². The molecule has 2 rings (SSSR count). The molecule has 0 bridgehead atoms. The van der Waals surface area contributed by atoms with Gasteiger partial charge in [-0.25, -0.2) is 0 Å². The molecule has 2 nitrogen and oxygen atoms in total. The van der Waals surface area contributed by atoms with Crippen molar-refractivity contribution in [3.05, 3.63) is 57.6 Å². The molecule has 0 aliphatic carbocycles. The summed E-state index contributed by atoms with van der Waals surface area (Å²) in [7, 11) is 0. The zero-order valence-electron chi connectivity index (χ0n) is 12.7. The smallest absolute Gasteiger partial charge is 0.141 e. The van der Waals surface area contributed by atoms with Crippen molar-refractivity contribution in [3.63, 3.8) is 0 Å². The quantitative estimate of drug-likeness (QED) is 0.698. The summed E-state index contributed by atoms with van der Waals surface area (Å²) in [4.78, 5) is 0. The number of ether oxygens (including phenoxy) is 1. The van der Waals surface area contributed by atoms with Crippen LogP contribution in [0.25, 0.3) is 0 Å². The molecule has 0 N–H and O–H groups in total.